The molecule has 1 aromatic heterocycles. The average Bonchev–Trinajstić information content (AvgIpc) is 2.84. The molecule has 0 aliphatic rings. The molecule has 2 aromatic rings. The fourth-order valence-corrected chi connectivity index (χ4v) is 2.76. The van der Waals surface area contributed by atoms with Crippen LogP contribution in [-0.4, -0.2) is 21.7 Å². The van der Waals surface area contributed by atoms with Gasteiger partial charge in [-0.1, -0.05) is 30.3 Å². The molecular formula is C17H22N4O4. The largest absolute Gasteiger partial charge is 0.440 e. The fourth-order valence-electron chi connectivity index (χ4n) is 2.76. The minimum atomic E-state index is -0.905. The lowest BCUT2D eigenvalue weighted by Gasteiger charge is -2.17. The van der Waals surface area contributed by atoms with Gasteiger partial charge in [0.15, 0.2) is 0 Å². The summed E-state index contributed by atoms with van der Waals surface area (Å²) in [7, 11) is 1.81. The smallest absolute Gasteiger partial charge is 0.405 e. The lowest BCUT2D eigenvalue weighted by Crippen LogP contribution is -2.20. The van der Waals surface area contributed by atoms with Crippen molar-refractivity contribution in [1.82, 2.24) is 9.55 Å². The van der Waals surface area contributed by atoms with Crippen molar-refractivity contribution in [3.63, 3.8) is 0 Å². The van der Waals surface area contributed by atoms with E-state index in [0.717, 1.165) is 11.4 Å². The lowest BCUT2D eigenvalue weighted by atomic mass is 10.1. The van der Waals surface area contributed by atoms with E-state index in [0.29, 0.717) is 17.8 Å². The number of rotatable bonds is 6. The van der Waals surface area contributed by atoms with Gasteiger partial charge in [-0.3, -0.25) is 0 Å². The normalized spacial score (nSPS) is 13.1. The maximum Gasteiger partial charge on any atom is 0.405 e. The molecule has 2 unspecified atom stereocenters. The highest BCUT2D eigenvalue weighted by Gasteiger charge is 2.27. The minimum Gasteiger partial charge on any atom is -0.440 e. The quantitative estimate of drug-likeness (QED) is 0.831. The number of nitrogens with zero attached hydrogens (tertiary/aromatic N) is 2. The topological polar surface area (TPSA) is 122 Å². The Hall–Kier alpha value is -3.03. The number of aromatic nitrogens is 2. The predicted octanol–water partition coefficient (Wildman–Crippen LogP) is 2.32. The van der Waals surface area contributed by atoms with E-state index in [1.54, 1.807) is 13.8 Å². The number of hydrogen-bond acceptors (Lipinski definition) is 5. The molecule has 134 valence electrons. The number of hydrogen-bond donors (Lipinski definition) is 2. The lowest BCUT2D eigenvalue weighted by molar-refractivity contribution is 0.0998. The van der Waals surface area contributed by atoms with Crippen LogP contribution < -0.4 is 11.5 Å². The summed E-state index contributed by atoms with van der Waals surface area (Å²) in [6.07, 6.45) is -2.59. The van der Waals surface area contributed by atoms with Gasteiger partial charge in [0.25, 0.3) is 0 Å². The van der Waals surface area contributed by atoms with Gasteiger partial charge in [0.2, 0.25) is 0 Å². The Morgan fingerprint density at radius 2 is 1.64 bits per heavy atom. The van der Waals surface area contributed by atoms with Gasteiger partial charge in [0.1, 0.15) is 23.7 Å². The fraction of sp³-hybridized carbons (Fsp3) is 0.353. The summed E-state index contributed by atoms with van der Waals surface area (Å²) >= 11 is 0. The molecule has 0 radical (unpaired) electrons. The van der Waals surface area contributed by atoms with Crippen LogP contribution in [0.5, 0.6) is 0 Å². The highest BCUT2D eigenvalue weighted by Crippen LogP contribution is 2.29. The zero-order valence-electron chi connectivity index (χ0n) is 14.4. The van der Waals surface area contributed by atoms with Gasteiger partial charge in [-0.05, 0) is 19.4 Å². The molecule has 0 bridgehead atoms. The van der Waals surface area contributed by atoms with Crippen molar-refractivity contribution in [1.29, 1.82) is 0 Å². The molecule has 2 amide bonds. The number of nitrogens with two attached hydrogens (primary N) is 2. The summed E-state index contributed by atoms with van der Waals surface area (Å²) < 4.78 is 11.9. The molecule has 0 aliphatic heterocycles. The zero-order valence-corrected chi connectivity index (χ0v) is 14.4. The molecule has 0 fully saturated rings. The van der Waals surface area contributed by atoms with Crippen LogP contribution in [0.4, 0.5) is 9.59 Å². The summed E-state index contributed by atoms with van der Waals surface area (Å²) in [6, 6.07) is 9.79. The van der Waals surface area contributed by atoms with Gasteiger partial charge >= 0.3 is 12.2 Å². The highest BCUT2D eigenvalue weighted by atomic mass is 16.6. The van der Waals surface area contributed by atoms with Gasteiger partial charge in [-0.25, -0.2) is 14.6 Å². The summed E-state index contributed by atoms with van der Waals surface area (Å²) in [5.41, 5.74) is 12.4. The number of amides is 2. The van der Waals surface area contributed by atoms with Gasteiger partial charge in [-0.2, -0.15) is 0 Å². The molecule has 1 aromatic carbocycles. The van der Waals surface area contributed by atoms with Crippen molar-refractivity contribution in [3.8, 4) is 0 Å². The third-order valence-electron chi connectivity index (χ3n) is 3.82. The van der Waals surface area contributed by atoms with E-state index in [4.69, 9.17) is 20.9 Å². The molecule has 8 nitrogen and oxygen atoms in total. The van der Waals surface area contributed by atoms with E-state index in [1.807, 2.05) is 41.9 Å². The van der Waals surface area contributed by atoms with Crippen LogP contribution in [0.25, 0.3) is 0 Å². The molecule has 1 heterocycles. The Morgan fingerprint density at radius 1 is 1.08 bits per heavy atom. The summed E-state index contributed by atoms with van der Waals surface area (Å²) in [4.78, 5) is 26.8. The molecule has 0 saturated heterocycles. The molecule has 2 rings (SSSR count). The van der Waals surface area contributed by atoms with Crippen LogP contribution in [-0.2, 0) is 22.9 Å². The van der Waals surface area contributed by atoms with E-state index in [2.05, 4.69) is 4.98 Å². The van der Waals surface area contributed by atoms with E-state index in [9.17, 15) is 9.59 Å². The zero-order chi connectivity index (χ0) is 18.6. The Labute approximate surface area is 145 Å². The monoisotopic (exact) mass is 346 g/mol. The second-order valence-electron chi connectivity index (χ2n) is 5.68. The second-order valence-corrected chi connectivity index (χ2v) is 5.68. The first kappa shape index (κ1) is 18.3. The second kappa shape index (κ2) is 7.69. The summed E-state index contributed by atoms with van der Waals surface area (Å²) in [6.45, 7) is 3.33. The van der Waals surface area contributed by atoms with Crippen LogP contribution in [0.3, 0.4) is 0 Å². The maximum absolute atomic E-state index is 11.1. The van der Waals surface area contributed by atoms with E-state index < -0.39 is 24.4 Å². The van der Waals surface area contributed by atoms with Crippen LogP contribution in [0.1, 0.15) is 48.8 Å². The molecular weight excluding hydrogens is 324 g/mol. The Morgan fingerprint density at radius 3 is 2.20 bits per heavy atom. The SMILES string of the molecule is CC(OC(N)=O)c1nc(Cc2ccccc2)n(C)c1C(C)OC(N)=O. The van der Waals surface area contributed by atoms with Crippen molar-refractivity contribution in [3.05, 3.63) is 53.1 Å². The average molecular weight is 346 g/mol. The van der Waals surface area contributed by atoms with Gasteiger partial charge < -0.3 is 25.5 Å². The van der Waals surface area contributed by atoms with Gasteiger partial charge in [-0.15, -0.1) is 0 Å². The third-order valence-corrected chi connectivity index (χ3v) is 3.82. The van der Waals surface area contributed by atoms with Gasteiger partial charge in [0, 0.05) is 13.5 Å². The number of imidazole rings is 1. The first-order valence-electron chi connectivity index (χ1n) is 7.81. The van der Waals surface area contributed by atoms with Crippen LogP contribution in [0.15, 0.2) is 30.3 Å². The Kier molecular flexibility index (Phi) is 5.63. The number of primary amides is 2. The van der Waals surface area contributed by atoms with Crippen LogP contribution in [0.2, 0.25) is 0 Å². The number of benzene rings is 1. The maximum atomic E-state index is 11.1. The number of ether oxygens (including phenoxy) is 2. The van der Waals surface area contributed by atoms with Crippen molar-refractivity contribution in [2.75, 3.05) is 0 Å². The summed E-state index contributed by atoms with van der Waals surface area (Å²) in [5.74, 6) is 0.732. The molecule has 4 N–H and O–H groups in total. The summed E-state index contributed by atoms with van der Waals surface area (Å²) in [5, 5.41) is 0. The molecule has 25 heavy (non-hydrogen) atoms. The van der Waals surface area contributed by atoms with Crippen molar-refractivity contribution >= 4 is 12.2 Å². The van der Waals surface area contributed by atoms with E-state index in [1.165, 1.54) is 0 Å². The van der Waals surface area contributed by atoms with Crippen molar-refractivity contribution in [2.45, 2.75) is 32.5 Å². The first-order chi connectivity index (χ1) is 11.8. The Bertz CT molecular complexity index is 758. The molecule has 0 saturated carbocycles. The van der Waals surface area contributed by atoms with E-state index in [-0.39, 0.29) is 0 Å². The number of carbonyl (C=O) groups is 2. The van der Waals surface area contributed by atoms with Crippen LogP contribution in [0, 0.1) is 0 Å². The minimum absolute atomic E-state index is 0.473. The number of carbonyl (C=O) groups excluding carboxylic acids is 2. The molecule has 2 atom stereocenters. The standard InChI is InChI=1S/C17H22N4O4/c1-10(24-16(18)22)14-15(11(2)25-17(19)23)21(3)13(20-14)9-12-7-5-4-6-8-12/h4-8,10-11H,9H2,1-3H3,(H2,18,22)(H2,19,23). The molecule has 0 aliphatic carbocycles. The highest BCUT2D eigenvalue weighted by molar-refractivity contribution is 5.65. The third kappa shape index (κ3) is 4.50. The molecule has 8 heteroatoms. The molecule has 0 spiro atoms. The van der Waals surface area contributed by atoms with Crippen LogP contribution >= 0.6 is 0 Å². The van der Waals surface area contributed by atoms with Crippen molar-refractivity contribution in [2.24, 2.45) is 18.5 Å². The van der Waals surface area contributed by atoms with Crippen molar-refractivity contribution < 1.29 is 19.1 Å². The van der Waals surface area contributed by atoms with Gasteiger partial charge in [0.05, 0.1) is 5.69 Å². The van der Waals surface area contributed by atoms with E-state index >= 15 is 0 Å². The Balaban J connectivity index is 2.42. The predicted molar refractivity (Wildman–Crippen MR) is 90.6 cm³/mol. The first-order valence-corrected chi connectivity index (χ1v) is 7.81.